The zero-order valence-electron chi connectivity index (χ0n) is 11.9. The van der Waals surface area contributed by atoms with Gasteiger partial charge in [0.15, 0.2) is 11.6 Å². The molecule has 0 aliphatic rings. The van der Waals surface area contributed by atoms with Gasteiger partial charge in [0.1, 0.15) is 0 Å². The minimum atomic E-state index is 0.825. The Bertz CT molecular complexity index is 683. The summed E-state index contributed by atoms with van der Waals surface area (Å²) in [5.74, 6) is 1.74. The molecular weight excluding hydrogens is 250 g/mol. The first-order chi connectivity index (χ1) is 9.75. The Morgan fingerprint density at radius 3 is 2.75 bits per heavy atom. The highest BCUT2D eigenvalue weighted by Crippen LogP contribution is 2.25. The first-order valence-corrected chi connectivity index (χ1v) is 6.89. The summed E-state index contributed by atoms with van der Waals surface area (Å²) in [5.41, 5.74) is 2.18. The van der Waals surface area contributed by atoms with Gasteiger partial charge in [-0.15, -0.1) is 0 Å². The van der Waals surface area contributed by atoms with Crippen molar-refractivity contribution in [3.63, 3.8) is 0 Å². The molecule has 3 aromatic rings. The van der Waals surface area contributed by atoms with Gasteiger partial charge in [-0.25, -0.2) is 4.98 Å². The minimum Gasteiger partial charge on any atom is -0.461 e. The molecule has 0 saturated heterocycles. The van der Waals surface area contributed by atoms with Gasteiger partial charge in [-0.2, -0.15) is 0 Å². The number of hydrogen-bond donors (Lipinski definition) is 0. The fraction of sp³-hybridized carbons (Fsp3) is 0.312. The Balaban J connectivity index is 2.00. The zero-order valence-corrected chi connectivity index (χ0v) is 11.9. The molecule has 0 radical (unpaired) electrons. The van der Waals surface area contributed by atoms with Crippen LogP contribution >= 0.6 is 0 Å². The van der Waals surface area contributed by atoms with E-state index in [-0.39, 0.29) is 0 Å². The third-order valence-corrected chi connectivity index (χ3v) is 3.38. The molecule has 1 aromatic carbocycles. The first-order valence-electron chi connectivity index (χ1n) is 6.89. The molecule has 2 heterocycles. The second-order valence-electron chi connectivity index (χ2n) is 5.21. The summed E-state index contributed by atoms with van der Waals surface area (Å²) in [6, 6.07) is 12.1. The summed E-state index contributed by atoms with van der Waals surface area (Å²) in [6.07, 6.45) is 2.78. The van der Waals surface area contributed by atoms with Crippen LogP contribution in [0.2, 0.25) is 0 Å². The van der Waals surface area contributed by atoms with Gasteiger partial charge in [0.05, 0.1) is 17.3 Å². The highest BCUT2D eigenvalue weighted by molar-refractivity contribution is 5.79. The molecule has 0 aliphatic carbocycles. The van der Waals surface area contributed by atoms with Crippen LogP contribution in [0, 0.1) is 0 Å². The number of aromatic nitrogens is 2. The number of furan rings is 1. The molecule has 0 unspecified atom stereocenters. The highest BCUT2D eigenvalue weighted by Gasteiger charge is 2.13. The number of para-hydroxylation sites is 2. The van der Waals surface area contributed by atoms with Crippen molar-refractivity contribution < 1.29 is 4.42 Å². The van der Waals surface area contributed by atoms with Gasteiger partial charge in [0, 0.05) is 6.54 Å². The van der Waals surface area contributed by atoms with Gasteiger partial charge in [-0.1, -0.05) is 12.1 Å². The van der Waals surface area contributed by atoms with Crippen LogP contribution in [0.25, 0.3) is 22.6 Å². The van der Waals surface area contributed by atoms with Crippen LogP contribution in [0.15, 0.2) is 47.1 Å². The van der Waals surface area contributed by atoms with Crippen molar-refractivity contribution in [3.8, 4) is 11.6 Å². The molecule has 0 bridgehead atoms. The molecule has 20 heavy (non-hydrogen) atoms. The van der Waals surface area contributed by atoms with E-state index in [1.807, 2.05) is 24.3 Å². The molecule has 0 spiro atoms. The van der Waals surface area contributed by atoms with Crippen LogP contribution < -0.4 is 0 Å². The van der Waals surface area contributed by atoms with E-state index < -0.39 is 0 Å². The highest BCUT2D eigenvalue weighted by atomic mass is 16.3. The van der Waals surface area contributed by atoms with Crippen molar-refractivity contribution in [2.75, 3.05) is 20.6 Å². The Hall–Kier alpha value is -2.07. The smallest absolute Gasteiger partial charge is 0.177 e. The van der Waals surface area contributed by atoms with E-state index in [2.05, 4.69) is 35.7 Å². The quantitative estimate of drug-likeness (QED) is 0.713. The van der Waals surface area contributed by atoms with Crippen LogP contribution in [0.1, 0.15) is 6.42 Å². The van der Waals surface area contributed by atoms with Gasteiger partial charge in [-0.3, -0.25) is 0 Å². The summed E-state index contributed by atoms with van der Waals surface area (Å²) >= 11 is 0. The van der Waals surface area contributed by atoms with Crippen molar-refractivity contribution >= 4 is 11.0 Å². The van der Waals surface area contributed by atoms with Crippen LogP contribution in [0.3, 0.4) is 0 Å². The van der Waals surface area contributed by atoms with Crippen molar-refractivity contribution in [1.82, 2.24) is 14.5 Å². The second-order valence-corrected chi connectivity index (χ2v) is 5.21. The van der Waals surface area contributed by atoms with Gasteiger partial charge in [-0.05, 0) is 51.3 Å². The lowest BCUT2D eigenvalue weighted by molar-refractivity contribution is 0.388. The Morgan fingerprint density at radius 1 is 1.15 bits per heavy atom. The molecule has 4 heteroatoms. The molecule has 0 fully saturated rings. The van der Waals surface area contributed by atoms with Crippen molar-refractivity contribution in [3.05, 3.63) is 42.7 Å². The number of aryl methyl sites for hydroxylation is 1. The molecule has 0 saturated carbocycles. The maximum atomic E-state index is 5.52. The van der Waals surface area contributed by atoms with E-state index in [9.17, 15) is 0 Å². The number of hydrogen-bond acceptors (Lipinski definition) is 3. The van der Waals surface area contributed by atoms with Crippen LogP contribution in [0.5, 0.6) is 0 Å². The minimum absolute atomic E-state index is 0.825. The summed E-state index contributed by atoms with van der Waals surface area (Å²) in [5, 5.41) is 0. The molecule has 0 amide bonds. The third kappa shape index (κ3) is 2.47. The van der Waals surface area contributed by atoms with Crippen molar-refractivity contribution in [1.29, 1.82) is 0 Å². The monoisotopic (exact) mass is 269 g/mol. The number of rotatable bonds is 5. The average molecular weight is 269 g/mol. The first kappa shape index (κ1) is 12.9. The van der Waals surface area contributed by atoms with Crippen molar-refractivity contribution in [2.45, 2.75) is 13.0 Å². The summed E-state index contributed by atoms with van der Waals surface area (Å²) in [7, 11) is 4.19. The molecule has 0 N–H and O–H groups in total. The lowest BCUT2D eigenvalue weighted by atomic mass is 10.3. The predicted molar refractivity (Wildman–Crippen MR) is 80.6 cm³/mol. The molecule has 2 aromatic heterocycles. The predicted octanol–water partition coefficient (Wildman–Crippen LogP) is 3.25. The SMILES string of the molecule is CN(C)CCCn1c(-c2ccco2)nc2ccccc21. The number of imidazole rings is 1. The largest absolute Gasteiger partial charge is 0.461 e. The van der Waals surface area contributed by atoms with Crippen molar-refractivity contribution in [2.24, 2.45) is 0 Å². The Labute approximate surface area is 118 Å². The van der Waals surface area contributed by atoms with E-state index in [0.29, 0.717) is 0 Å². The maximum absolute atomic E-state index is 5.52. The van der Waals surface area contributed by atoms with E-state index in [4.69, 9.17) is 9.40 Å². The molecule has 0 aliphatic heterocycles. The maximum Gasteiger partial charge on any atom is 0.177 e. The number of fused-ring (bicyclic) bond motifs is 1. The number of nitrogens with zero attached hydrogens (tertiary/aromatic N) is 3. The topological polar surface area (TPSA) is 34.2 Å². The summed E-state index contributed by atoms with van der Waals surface area (Å²) in [4.78, 5) is 6.91. The van der Waals surface area contributed by atoms with Crippen LogP contribution in [-0.2, 0) is 6.54 Å². The van der Waals surface area contributed by atoms with Crippen LogP contribution in [-0.4, -0.2) is 35.1 Å². The lowest BCUT2D eigenvalue weighted by Gasteiger charge is -2.11. The fourth-order valence-corrected chi connectivity index (χ4v) is 2.44. The molecular formula is C16H19N3O. The standard InChI is InChI=1S/C16H19N3O/c1-18(2)10-6-11-19-14-8-4-3-7-13(14)17-16(19)15-9-5-12-20-15/h3-5,7-9,12H,6,10-11H2,1-2H3. The van der Waals surface area contributed by atoms with Crippen LogP contribution in [0.4, 0.5) is 0 Å². The summed E-state index contributed by atoms with van der Waals surface area (Å²) in [6.45, 7) is 2.00. The molecule has 4 nitrogen and oxygen atoms in total. The van der Waals surface area contributed by atoms with E-state index in [1.165, 1.54) is 0 Å². The Morgan fingerprint density at radius 2 is 2.00 bits per heavy atom. The molecule has 0 atom stereocenters. The van der Waals surface area contributed by atoms with Gasteiger partial charge in [0.2, 0.25) is 0 Å². The van der Waals surface area contributed by atoms with E-state index in [1.54, 1.807) is 6.26 Å². The number of benzene rings is 1. The second kappa shape index (κ2) is 5.51. The average Bonchev–Trinajstić information content (AvgIpc) is 3.05. The van der Waals surface area contributed by atoms with E-state index in [0.717, 1.165) is 42.1 Å². The summed E-state index contributed by atoms with van der Waals surface area (Å²) < 4.78 is 7.77. The Kier molecular flexibility index (Phi) is 3.56. The van der Waals surface area contributed by atoms with Gasteiger partial charge in [0.25, 0.3) is 0 Å². The molecule has 3 rings (SSSR count). The van der Waals surface area contributed by atoms with Gasteiger partial charge < -0.3 is 13.9 Å². The van der Waals surface area contributed by atoms with E-state index >= 15 is 0 Å². The normalized spacial score (nSPS) is 11.6. The molecule has 104 valence electrons. The lowest BCUT2D eigenvalue weighted by Crippen LogP contribution is -2.15. The van der Waals surface area contributed by atoms with Gasteiger partial charge >= 0.3 is 0 Å². The zero-order chi connectivity index (χ0) is 13.9. The third-order valence-electron chi connectivity index (χ3n) is 3.38. The fourth-order valence-electron chi connectivity index (χ4n) is 2.44.